The van der Waals surface area contributed by atoms with Crippen LogP contribution in [0.1, 0.15) is 94.9 Å². The van der Waals surface area contributed by atoms with Crippen LogP contribution in [0.3, 0.4) is 0 Å². The molecule has 1 heterocycles. The Labute approximate surface area is 216 Å². The van der Waals surface area contributed by atoms with Crippen molar-refractivity contribution in [1.29, 1.82) is 0 Å². The van der Waals surface area contributed by atoms with Gasteiger partial charge in [-0.05, 0) is 71.9 Å². The number of nitrogens with one attached hydrogen (secondary N) is 1. The van der Waals surface area contributed by atoms with Crippen molar-refractivity contribution in [3.05, 3.63) is 11.6 Å². The van der Waals surface area contributed by atoms with Gasteiger partial charge in [-0.1, -0.05) is 54.0 Å². The fourth-order valence-corrected chi connectivity index (χ4v) is 3.46. The maximum Gasteiger partial charge on any atom is 0.333 e. The highest BCUT2D eigenvalue weighted by atomic mass is 16.5. The standard InChI is InChI=1S/C14H24N2O4.C10H21N.C4H10/c1-6-20-14(19)11(4)7-12(10(2)3)16(5)13(18)8-15-9-17;1-4-10(2,3)11-8-6-5-7-9-11;1-4(2)3/h7,9-10,12H,6,8H2,1-5H3,(H,15,17);4-9H2,1-3H3;4H,1-3H3/b11-7+;;/t12-;;/m1../s1. The van der Waals surface area contributed by atoms with E-state index < -0.39 is 0 Å². The summed E-state index contributed by atoms with van der Waals surface area (Å²) in [6, 6.07) is -0.236. The molecule has 1 saturated heterocycles. The minimum Gasteiger partial charge on any atom is -0.463 e. The maximum atomic E-state index is 11.9. The fourth-order valence-electron chi connectivity index (χ4n) is 3.46. The van der Waals surface area contributed by atoms with Crippen LogP contribution in [-0.4, -0.2) is 73.0 Å². The highest BCUT2D eigenvalue weighted by Gasteiger charge is 2.25. The van der Waals surface area contributed by atoms with E-state index in [0.29, 0.717) is 24.1 Å². The predicted octanol–water partition coefficient (Wildman–Crippen LogP) is 5.05. The summed E-state index contributed by atoms with van der Waals surface area (Å²) in [5.74, 6) is 0.360. The second kappa shape index (κ2) is 19.3. The van der Waals surface area contributed by atoms with Crippen molar-refractivity contribution in [3.63, 3.8) is 0 Å². The van der Waals surface area contributed by atoms with Gasteiger partial charge in [0.25, 0.3) is 0 Å². The Morgan fingerprint density at radius 3 is 1.97 bits per heavy atom. The average molecular weight is 498 g/mol. The van der Waals surface area contributed by atoms with Gasteiger partial charge in [0.05, 0.1) is 19.2 Å². The van der Waals surface area contributed by atoms with E-state index in [9.17, 15) is 14.4 Å². The van der Waals surface area contributed by atoms with E-state index in [-0.39, 0.29) is 30.4 Å². The topological polar surface area (TPSA) is 79.0 Å². The molecule has 1 atom stereocenters. The molecule has 0 aromatic rings. The number of carbonyl (C=O) groups is 3. The van der Waals surface area contributed by atoms with E-state index in [1.54, 1.807) is 27.0 Å². The molecule has 0 bridgehead atoms. The molecule has 0 aromatic heterocycles. The van der Waals surface area contributed by atoms with Crippen LogP contribution in [0.4, 0.5) is 0 Å². The first kappa shape index (κ1) is 35.3. The fraction of sp³-hybridized carbons (Fsp3) is 0.821. The molecule has 1 fully saturated rings. The molecule has 0 aliphatic carbocycles. The smallest absolute Gasteiger partial charge is 0.333 e. The number of rotatable bonds is 10. The Balaban J connectivity index is 0. The number of esters is 1. The number of nitrogens with zero attached hydrogens (tertiary/aromatic N) is 2. The zero-order chi connectivity index (χ0) is 27.6. The third kappa shape index (κ3) is 16.4. The molecule has 0 radical (unpaired) electrons. The lowest BCUT2D eigenvalue weighted by molar-refractivity contribution is -0.138. The quantitative estimate of drug-likeness (QED) is 0.260. The summed E-state index contributed by atoms with van der Waals surface area (Å²) in [7, 11) is 1.65. The number of piperidine rings is 1. The second-order valence-electron chi connectivity index (χ2n) is 10.8. The number of likely N-dealkylation sites (tertiary alicyclic amines) is 1. The van der Waals surface area contributed by atoms with Crippen LogP contribution in [0.25, 0.3) is 0 Å². The number of carbonyl (C=O) groups excluding carboxylic acids is 3. The molecule has 1 rings (SSSR count). The molecule has 35 heavy (non-hydrogen) atoms. The molecule has 0 saturated carbocycles. The van der Waals surface area contributed by atoms with Crippen molar-refractivity contribution in [3.8, 4) is 0 Å². The summed E-state index contributed by atoms with van der Waals surface area (Å²) in [5.41, 5.74) is 0.911. The first-order chi connectivity index (χ1) is 16.2. The Hall–Kier alpha value is -1.89. The Morgan fingerprint density at radius 1 is 1.06 bits per heavy atom. The van der Waals surface area contributed by atoms with E-state index in [1.165, 1.54) is 43.7 Å². The van der Waals surface area contributed by atoms with Crippen LogP contribution in [0.2, 0.25) is 0 Å². The molecule has 1 N–H and O–H groups in total. The van der Waals surface area contributed by atoms with Crippen molar-refractivity contribution in [2.24, 2.45) is 11.8 Å². The van der Waals surface area contributed by atoms with Crippen LogP contribution >= 0.6 is 0 Å². The minimum atomic E-state index is -0.384. The van der Waals surface area contributed by atoms with Gasteiger partial charge in [-0.15, -0.1) is 0 Å². The normalized spacial score (nSPS) is 15.3. The first-order valence-electron chi connectivity index (χ1n) is 13.3. The molecule has 1 aliphatic heterocycles. The monoisotopic (exact) mass is 497 g/mol. The predicted molar refractivity (Wildman–Crippen MR) is 146 cm³/mol. The molecule has 7 heteroatoms. The van der Waals surface area contributed by atoms with Crippen molar-refractivity contribution < 1.29 is 19.1 Å². The number of ether oxygens (including phenoxy) is 1. The second-order valence-corrected chi connectivity index (χ2v) is 10.8. The molecule has 0 unspecified atom stereocenters. The number of hydrogen-bond acceptors (Lipinski definition) is 5. The van der Waals surface area contributed by atoms with E-state index in [4.69, 9.17) is 4.74 Å². The van der Waals surface area contributed by atoms with Gasteiger partial charge in [0.2, 0.25) is 12.3 Å². The number of likely N-dealkylation sites (N-methyl/N-ethyl adjacent to an activating group) is 1. The zero-order valence-electron chi connectivity index (χ0n) is 24.6. The lowest BCUT2D eigenvalue weighted by Crippen LogP contribution is -2.46. The third-order valence-electron chi connectivity index (χ3n) is 5.96. The van der Waals surface area contributed by atoms with E-state index in [2.05, 4.69) is 51.8 Å². The summed E-state index contributed by atoms with van der Waals surface area (Å²) in [5, 5.41) is 2.34. The lowest BCUT2D eigenvalue weighted by atomic mass is 9.96. The van der Waals surface area contributed by atoms with Gasteiger partial charge in [0.1, 0.15) is 0 Å². The first-order valence-corrected chi connectivity index (χ1v) is 13.3. The van der Waals surface area contributed by atoms with Gasteiger partial charge in [0, 0.05) is 18.2 Å². The molecule has 2 amide bonds. The third-order valence-corrected chi connectivity index (χ3v) is 5.96. The highest BCUT2D eigenvalue weighted by Crippen LogP contribution is 2.22. The Kier molecular flexibility index (Phi) is 19.5. The lowest BCUT2D eigenvalue weighted by Gasteiger charge is -2.40. The van der Waals surface area contributed by atoms with Crippen molar-refractivity contribution in [2.75, 3.05) is 33.3 Å². The zero-order valence-corrected chi connectivity index (χ0v) is 24.6. The van der Waals surface area contributed by atoms with Gasteiger partial charge in [0.15, 0.2) is 0 Å². The minimum absolute atomic E-state index is 0.0600. The molecule has 0 spiro atoms. The van der Waals surface area contributed by atoms with Crippen LogP contribution in [0.5, 0.6) is 0 Å². The summed E-state index contributed by atoms with van der Waals surface area (Å²) in [6.07, 6.45) is 7.73. The highest BCUT2D eigenvalue weighted by molar-refractivity contribution is 5.88. The van der Waals surface area contributed by atoms with E-state index in [1.807, 2.05) is 13.8 Å². The number of hydrogen-bond donors (Lipinski definition) is 1. The number of amides is 2. The van der Waals surface area contributed by atoms with Crippen molar-refractivity contribution >= 4 is 18.3 Å². The summed E-state index contributed by atoms with van der Waals surface area (Å²) >= 11 is 0. The van der Waals surface area contributed by atoms with Crippen LogP contribution in [-0.2, 0) is 19.1 Å². The molecule has 206 valence electrons. The Bertz CT molecular complexity index is 621. The van der Waals surface area contributed by atoms with Crippen molar-refractivity contribution in [1.82, 2.24) is 15.1 Å². The van der Waals surface area contributed by atoms with Gasteiger partial charge in [-0.2, -0.15) is 0 Å². The summed E-state index contributed by atoms with van der Waals surface area (Å²) in [6.45, 7) is 23.7. The van der Waals surface area contributed by atoms with Gasteiger partial charge >= 0.3 is 5.97 Å². The SMILES string of the molecule is CC(C)C.CCC(C)(C)N1CCCCC1.CCOC(=O)/C(C)=C/[C@H](C(C)C)N(C)C(=O)CNC=O. The van der Waals surface area contributed by atoms with Gasteiger partial charge in [-0.25, -0.2) is 4.79 Å². The summed E-state index contributed by atoms with van der Waals surface area (Å²) < 4.78 is 4.92. The van der Waals surface area contributed by atoms with Crippen LogP contribution < -0.4 is 5.32 Å². The Morgan fingerprint density at radius 2 is 1.57 bits per heavy atom. The molecule has 7 nitrogen and oxygen atoms in total. The van der Waals surface area contributed by atoms with Crippen LogP contribution in [0, 0.1) is 11.8 Å². The molecule has 0 aromatic carbocycles. The van der Waals surface area contributed by atoms with E-state index >= 15 is 0 Å². The van der Waals surface area contributed by atoms with Gasteiger partial charge < -0.3 is 15.0 Å². The maximum absolute atomic E-state index is 11.9. The van der Waals surface area contributed by atoms with Gasteiger partial charge in [-0.3, -0.25) is 14.5 Å². The largest absolute Gasteiger partial charge is 0.463 e. The summed E-state index contributed by atoms with van der Waals surface area (Å²) in [4.78, 5) is 37.9. The molecular formula is C28H55N3O4. The van der Waals surface area contributed by atoms with Crippen LogP contribution in [0.15, 0.2) is 11.6 Å². The van der Waals surface area contributed by atoms with E-state index in [0.717, 1.165) is 5.92 Å². The molecule has 1 aliphatic rings. The average Bonchev–Trinajstić information content (AvgIpc) is 2.80. The van der Waals surface area contributed by atoms with Crippen molar-refractivity contribution in [2.45, 2.75) is 107 Å². The molecular weight excluding hydrogens is 442 g/mol.